The number of rotatable bonds is 2. The zero-order chi connectivity index (χ0) is 14.5. The largest absolute Gasteiger partial charge is 0.346 e. The van der Waals surface area contributed by atoms with Crippen LogP contribution in [0.15, 0.2) is 0 Å². The molecule has 0 fully saturated rings. The van der Waals surface area contributed by atoms with Crippen LogP contribution in [0.5, 0.6) is 0 Å². The number of nitrogens with two attached hydrogens (primary N) is 2. The molecule has 2 atom stereocenters. The van der Waals surface area contributed by atoms with Crippen molar-refractivity contribution >= 4 is 5.96 Å². The summed E-state index contributed by atoms with van der Waals surface area (Å²) in [4.78, 5) is 0. The van der Waals surface area contributed by atoms with Gasteiger partial charge in [-0.1, -0.05) is 0 Å². The van der Waals surface area contributed by atoms with Crippen LogP contribution in [0.3, 0.4) is 0 Å². The molecule has 0 aliphatic carbocycles. The van der Waals surface area contributed by atoms with E-state index in [9.17, 15) is 0 Å². The summed E-state index contributed by atoms with van der Waals surface area (Å²) in [5.74, 6) is 1.13. The molecule has 2 heterocycles. The second-order valence-electron chi connectivity index (χ2n) is 4.44. The lowest BCUT2D eigenvalue weighted by Gasteiger charge is -2.30. The van der Waals surface area contributed by atoms with Gasteiger partial charge in [-0.2, -0.15) is 0 Å². The first-order valence-electron chi connectivity index (χ1n) is 6.00. The molecule has 0 spiro atoms. The van der Waals surface area contributed by atoms with Crippen LogP contribution in [0.2, 0.25) is 0 Å². The Kier molecular flexibility index (Phi) is 6.20. The molecule has 0 aromatic heterocycles. The first-order chi connectivity index (χ1) is 8.83. The number of nitrogens with one attached hydrogen (secondary N) is 2. The van der Waals surface area contributed by atoms with Gasteiger partial charge in [-0.25, -0.2) is 18.6 Å². The zero-order valence-corrected chi connectivity index (χ0v) is 11.3. The average molecular weight is 298 g/mol. The zero-order valence-electron chi connectivity index (χ0n) is 10.5. The molecule has 0 saturated carbocycles. The van der Waals surface area contributed by atoms with E-state index in [-0.39, 0.29) is 0 Å². The molecule has 9 nitrogen and oxygen atoms in total. The Morgan fingerprint density at radius 3 is 1.68 bits per heavy atom. The fraction of sp³-hybridized carbons (Fsp3) is 0.889. The Morgan fingerprint density at radius 1 is 1.00 bits per heavy atom. The summed E-state index contributed by atoms with van der Waals surface area (Å²) in [5.41, 5.74) is 11.3. The lowest BCUT2D eigenvalue weighted by atomic mass is 10.1. The Morgan fingerprint density at radius 2 is 1.37 bits per heavy atom. The number of halogens is 1. The molecule has 2 rings (SSSR count). The fourth-order valence-electron chi connectivity index (χ4n) is 2.07. The summed E-state index contributed by atoms with van der Waals surface area (Å²) in [6.45, 7) is 3.61. The highest BCUT2D eigenvalue weighted by Crippen LogP contribution is 2.05. The molecule has 19 heavy (non-hydrogen) atoms. The molecular weight excluding hydrogens is 278 g/mol. The molecule has 112 valence electrons. The van der Waals surface area contributed by atoms with Gasteiger partial charge < -0.3 is 11.5 Å². The first-order valence-corrected chi connectivity index (χ1v) is 7.23. The molecule has 0 radical (unpaired) electrons. The van der Waals surface area contributed by atoms with Gasteiger partial charge in [0.05, 0.1) is 25.2 Å². The normalized spacial score (nSPS) is 26.6. The predicted octanol–water partition coefficient (Wildman–Crippen LogP) is -6.76. The molecule has 10 heteroatoms. The summed E-state index contributed by atoms with van der Waals surface area (Å²) in [6, 6.07) is 0.843. The standard InChI is InChI=1S/C9H19N5.ClHO4/c10-5-7-1-3-14-4-2-8(6-11)13-9(14)12-7;2-1(3,4)5/h7-8H,1-6,10-11H2,(H,12,13);(H,2,3,4,5)/t7-,8-;/m0./s1. The van der Waals surface area contributed by atoms with Crippen LogP contribution in [0.25, 0.3) is 0 Å². The van der Waals surface area contributed by atoms with E-state index in [1.165, 1.54) is 0 Å². The van der Waals surface area contributed by atoms with Gasteiger partial charge in [-0.05, 0) is 0 Å². The highest BCUT2D eigenvalue weighted by Gasteiger charge is 2.30. The van der Waals surface area contributed by atoms with Crippen LogP contribution in [-0.2, 0) is 0 Å². The summed E-state index contributed by atoms with van der Waals surface area (Å²) < 4.78 is 36.3. The lowest BCUT2D eigenvalue weighted by Crippen LogP contribution is -2.68. The summed E-state index contributed by atoms with van der Waals surface area (Å²) >= 11 is 0. The molecule has 0 unspecified atom stereocenters. The summed E-state index contributed by atoms with van der Waals surface area (Å²) in [5, 5.41) is 6.84. The van der Waals surface area contributed by atoms with Crippen molar-refractivity contribution in [2.24, 2.45) is 11.5 Å². The van der Waals surface area contributed by atoms with Crippen LogP contribution in [-0.4, -0.2) is 48.8 Å². The summed E-state index contributed by atoms with van der Waals surface area (Å²) in [7, 11) is -4.94. The maximum absolute atomic E-state index is 8.49. The third-order valence-electron chi connectivity index (χ3n) is 3.06. The van der Waals surface area contributed by atoms with Gasteiger partial charge in [0.15, 0.2) is 0 Å². The van der Waals surface area contributed by atoms with Crippen molar-refractivity contribution in [3.05, 3.63) is 0 Å². The van der Waals surface area contributed by atoms with E-state index in [1.54, 1.807) is 0 Å². The smallest absolute Gasteiger partial charge is 0.327 e. The van der Waals surface area contributed by atoms with Crippen molar-refractivity contribution < 1.29 is 33.5 Å². The van der Waals surface area contributed by atoms with Crippen LogP contribution in [0, 0.1) is 10.2 Å². The van der Waals surface area contributed by atoms with Crippen molar-refractivity contribution in [2.75, 3.05) is 26.2 Å². The minimum atomic E-state index is -4.94. The molecule has 6 N–H and O–H groups in total. The monoisotopic (exact) mass is 297 g/mol. The average Bonchev–Trinajstić information content (AvgIpc) is 2.35. The number of hydrogen-bond acceptors (Lipinski definition) is 8. The summed E-state index contributed by atoms with van der Waals surface area (Å²) in [6.07, 6.45) is 2.27. The second-order valence-corrected chi connectivity index (χ2v) is 5.20. The number of guanidine groups is 1. The van der Waals surface area contributed by atoms with Crippen molar-refractivity contribution in [1.29, 1.82) is 0 Å². The van der Waals surface area contributed by atoms with E-state index >= 15 is 0 Å². The molecule has 0 saturated heterocycles. The third kappa shape index (κ3) is 6.34. The molecule has 0 aromatic carbocycles. The molecule has 0 aromatic rings. The molecule has 2 aliphatic rings. The highest BCUT2D eigenvalue weighted by molar-refractivity contribution is 5.76. The van der Waals surface area contributed by atoms with Gasteiger partial charge in [-0.15, -0.1) is 10.2 Å². The fourth-order valence-corrected chi connectivity index (χ4v) is 2.07. The number of nitrogens with zero attached hydrogens (tertiary/aromatic N) is 1. The molecule has 0 bridgehead atoms. The van der Waals surface area contributed by atoms with Crippen molar-refractivity contribution in [1.82, 2.24) is 10.6 Å². The van der Waals surface area contributed by atoms with Gasteiger partial charge in [-0.3, -0.25) is 15.2 Å². The van der Waals surface area contributed by atoms with Crippen molar-refractivity contribution in [2.45, 2.75) is 24.9 Å². The van der Waals surface area contributed by atoms with Gasteiger partial charge in [0.1, 0.15) is 0 Å². The van der Waals surface area contributed by atoms with Gasteiger partial charge >= 0.3 is 5.96 Å². The quantitative estimate of drug-likeness (QED) is 0.364. The van der Waals surface area contributed by atoms with E-state index in [0.29, 0.717) is 25.2 Å². The third-order valence-corrected chi connectivity index (χ3v) is 3.06. The first kappa shape index (κ1) is 16.4. The Bertz CT molecular complexity index is 294. The van der Waals surface area contributed by atoms with Crippen molar-refractivity contribution in [3.63, 3.8) is 0 Å². The van der Waals surface area contributed by atoms with Gasteiger partial charge in [0.25, 0.3) is 0 Å². The minimum absolute atomic E-state index is 0.422. The topological polar surface area (TPSA) is 171 Å². The van der Waals surface area contributed by atoms with E-state index in [2.05, 4.69) is 15.2 Å². The number of hydrogen-bond donors (Lipinski definition) is 4. The van der Waals surface area contributed by atoms with Crippen LogP contribution in [0.1, 0.15) is 12.8 Å². The van der Waals surface area contributed by atoms with Crippen molar-refractivity contribution in [3.8, 4) is 0 Å². The van der Waals surface area contributed by atoms with Crippen LogP contribution >= 0.6 is 0 Å². The lowest BCUT2D eigenvalue weighted by molar-refractivity contribution is -2.00. The van der Waals surface area contributed by atoms with E-state index in [4.69, 9.17) is 30.1 Å². The molecular formula is C9H20ClN5O4. The Balaban J connectivity index is 0.000000312. The second kappa shape index (κ2) is 7.20. The van der Waals surface area contributed by atoms with Crippen LogP contribution in [0.4, 0.5) is 0 Å². The van der Waals surface area contributed by atoms with Gasteiger partial charge in [0, 0.05) is 25.9 Å². The Labute approximate surface area is 113 Å². The van der Waals surface area contributed by atoms with Crippen LogP contribution < -0.4 is 40.7 Å². The SMILES string of the molecule is NC[C@@H]1CC[N+]2=C(N1)N[C@H](CN)CC2.[O-][Cl+3]([O-])([O-])[O-]. The van der Waals surface area contributed by atoms with Gasteiger partial charge in [0.2, 0.25) is 0 Å². The van der Waals surface area contributed by atoms with E-state index < -0.39 is 10.2 Å². The molecule has 2 aliphatic heterocycles. The molecule has 0 amide bonds. The Hall–Kier alpha value is -0.680. The highest BCUT2D eigenvalue weighted by atomic mass is 35.7. The maximum atomic E-state index is 8.49. The predicted molar refractivity (Wildman–Crippen MR) is 56.2 cm³/mol. The van der Waals surface area contributed by atoms with E-state index in [0.717, 1.165) is 31.9 Å². The minimum Gasteiger partial charge on any atom is -0.327 e. The van der Waals surface area contributed by atoms with E-state index in [1.807, 2.05) is 0 Å². The maximum Gasteiger partial charge on any atom is 0.346 e.